The van der Waals surface area contributed by atoms with Gasteiger partial charge >= 0.3 is 0 Å². The molecule has 1 rings (SSSR count). The first kappa shape index (κ1) is 15.4. The Hall–Kier alpha value is -1.63. The van der Waals surface area contributed by atoms with Crippen molar-refractivity contribution in [3.8, 4) is 0 Å². The van der Waals surface area contributed by atoms with Gasteiger partial charge in [0.2, 0.25) is 0 Å². The summed E-state index contributed by atoms with van der Waals surface area (Å²) < 4.78 is 0. The zero-order valence-corrected chi connectivity index (χ0v) is 12.3. The van der Waals surface area contributed by atoms with Crippen LogP contribution in [0.3, 0.4) is 0 Å². The minimum atomic E-state index is 0.254. The van der Waals surface area contributed by atoms with E-state index in [-0.39, 0.29) is 5.78 Å². The number of hydrogen-bond acceptors (Lipinski definition) is 1. The summed E-state index contributed by atoms with van der Waals surface area (Å²) in [5.74, 6) is 0.254. The maximum Gasteiger partial charge on any atom is 0.158 e. The molecule has 1 heteroatoms. The van der Waals surface area contributed by atoms with Crippen molar-refractivity contribution >= 4 is 5.78 Å². The van der Waals surface area contributed by atoms with Crippen LogP contribution in [0.25, 0.3) is 0 Å². The molecule has 0 amide bonds. The average Bonchev–Trinajstić information content (AvgIpc) is 2.42. The molecule has 0 aliphatic carbocycles. The van der Waals surface area contributed by atoms with Gasteiger partial charge in [0.05, 0.1) is 0 Å². The number of benzene rings is 1. The van der Waals surface area contributed by atoms with Crippen molar-refractivity contribution in [1.29, 1.82) is 0 Å². The lowest BCUT2D eigenvalue weighted by atomic mass is 9.93. The Morgan fingerprint density at radius 2 is 1.79 bits per heavy atom. The molecule has 19 heavy (non-hydrogen) atoms. The molecular formula is C18H24O. The van der Waals surface area contributed by atoms with Crippen LogP contribution in [0.5, 0.6) is 0 Å². The topological polar surface area (TPSA) is 17.1 Å². The van der Waals surface area contributed by atoms with Crippen LogP contribution in [0, 0.1) is 0 Å². The van der Waals surface area contributed by atoms with Gasteiger partial charge in [-0.25, -0.2) is 0 Å². The van der Waals surface area contributed by atoms with Gasteiger partial charge in [-0.15, -0.1) is 0 Å². The van der Waals surface area contributed by atoms with Crippen LogP contribution < -0.4 is 0 Å². The van der Waals surface area contributed by atoms with Gasteiger partial charge in [-0.1, -0.05) is 55.0 Å². The second-order valence-electron chi connectivity index (χ2n) is 5.12. The van der Waals surface area contributed by atoms with Crippen LogP contribution in [0.2, 0.25) is 0 Å². The van der Waals surface area contributed by atoms with Crippen molar-refractivity contribution in [2.24, 2.45) is 0 Å². The second-order valence-corrected chi connectivity index (χ2v) is 5.12. The Kier molecular flexibility index (Phi) is 6.27. The third kappa shape index (κ3) is 5.25. The molecule has 0 N–H and O–H groups in total. The highest BCUT2D eigenvalue weighted by Crippen LogP contribution is 2.21. The molecule has 0 radical (unpaired) electrons. The van der Waals surface area contributed by atoms with Gasteiger partial charge in [-0.05, 0) is 44.2 Å². The molecule has 102 valence electrons. The van der Waals surface area contributed by atoms with E-state index in [1.54, 1.807) is 0 Å². The van der Waals surface area contributed by atoms with E-state index in [9.17, 15) is 4.79 Å². The molecule has 1 aromatic carbocycles. The lowest BCUT2D eigenvalue weighted by molar-refractivity contribution is -0.115. The Bertz CT molecular complexity index is 466. The van der Waals surface area contributed by atoms with Crippen molar-refractivity contribution in [3.63, 3.8) is 0 Å². The van der Waals surface area contributed by atoms with Crippen LogP contribution in [0.15, 0.2) is 53.6 Å². The fraction of sp³-hybridized carbons (Fsp3) is 0.389. The summed E-state index contributed by atoms with van der Waals surface area (Å²) in [6, 6.07) is 10.4. The van der Waals surface area contributed by atoms with Gasteiger partial charge in [0, 0.05) is 6.42 Å². The van der Waals surface area contributed by atoms with E-state index in [0.29, 0.717) is 6.42 Å². The second kappa shape index (κ2) is 7.73. The molecule has 0 spiro atoms. The number of carbonyl (C=O) groups is 1. The van der Waals surface area contributed by atoms with Crippen LogP contribution in [-0.4, -0.2) is 5.78 Å². The molecule has 0 bridgehead atoms. The molecule has 0 saturated heterocycles. The minimum absolute atomic E-state index is 0.254. The van der Waals surface area contributed by atoms with Gasteiger partial charge in [0.25, 0.3) is 0 Å². The summed E-state index contributed by atoms with van der Waals surface area (Å²) in [7, 11) is 0. The molecule has 0 atom stereocenters. The van der Waals surface area contributed by atoms with Gasteiger partial charge in [-0.2, -0.15) is 0 Å². The fourth-order valence-corrected chi connectivity index (χ4v) is 2.17. The lowest BCUT2D eigenvalue weighted by Crippen LogP contribution is -2.03. The maximum absolute atomic E-state index is 11.9. The van der Waals surface area contributed by atoms with Crippen molar-refractivity contribution in [2.75, 3.05) is 0 Å². The summed E-state index contributed by atoms with van der Waals surface area (Å²) in [6.07, 6.45) is 3.34. The first-order valence-electron chi connectivity index (χ1n) is 6.94. The maximum atomic E-state index is 11.9. The highest BCUT2D eigenvalue weighted by molar-refractivity contribution is 5.95. The van der Waals surface area contributed by atoms with E-state index in [2.05, 4.69) is 30.8 Å². The standard InChI is InChI=1S/C18H24O/c1-5-18(19)15(4)17(13-14(2)3)12-11-16-9-7-6-8-10-16/h6-10H,2,5,11-13H2,1,3-4H3/b17-15-. The zero-order chi connectivity index (χ0) is 14.3. The molecule has 0 aromatic heterocycles. The highest BCUT2D eigenvalue weighted by Gasteiger charge is 2.09. The van der Waals surface area contributed by atoms with Crippen molar-refractivity contribution in [1.82, 2.24) is 0 Å². The van der Waals surface area contributed by atoms with Crippen LogP contribution in [0.1, 0.15) is 45.6 Å². The lowest BCUT2D eigenvalue weighted by Gasteiger charge is -2.12. The highest BCUT2D eigenvalue weighted by atomic mass is 16.1. The Morgan fingerprint density at radius 1 is 1.16 bits per heavy atom. The summed E-state index contributed by atoms with van der Waals surface area (Å²) in [5, 5.41) is 0. The third-order valence-electron chi connectivity index (χ3n) is 3.34. The van der Waals surface area contributed by atoms with Gasteiger partial charge < -0.3 is 0 Å². The average molecular weight is 256 g/mol. The fourth-order valence-electron chi connectivity index (χ4n) is 2.17. The number of allylic oxidation sites excluding steroid dienone is 3. The number of aryl methyl sites for hydroxylation is 1. The quantitative estimate of drug-likeness (QED) is 0.502. The molecular weight excluding hydrogens is 232 g/mol. The largest absolute Gasteiger partial charge is 0.295 e. The zero-order valence-electron chi connectivity index (χ0n) is 12.3. The SMILES string of the molecule is C=C(C)C/C(CCc1ccccc1)=C(/C)C(=O)CC. The number of Topliss-reactive ketones (excluding diaryl/α,β-unsaturated/α-hetero) is 1. The number of carbonyl (C=O) groups excluding carboxylic acids is 1. The Labute approximate surface area is 117 Å². The van der Waals surface area contributed by atoms with Crippen molar-refractivity contribution in [2.45, 2.75) is 46.5 Å². The van der Waals surface area contributed by atoms with Crippen LogP contribution in [-0.2, 0) is 11.2 Å². The molecule has 0 unspecified atom stereocenters. The summed E-state index contributed by atoms with van der Waals surface area (Å²) in [5.41, 5.74) is 4.61. The van der Waals surface area contributed by atoms with Gasteiger partial charge in [0.1, 0.15) is 0 Å². The van der Waals surface area contributed by atoms with E-state index in [0.717, 1.165) is 30.4 Å². The number of ketones is 1. The van der Waals surface area contributed by atoms with Gasteiger partial charge in [-0.3, -0.25) is 4.79 Å². The first-order valence-corrected chi connectivity index (χ1v) is 6.94. The first-order chi connectivity index (χ1) is 9.04. The van der Waals surface area contributed by atoms with Crippen molar-refractivity contribution < 1.29 is 4.79 Å². The van der Waals surface area contributed by atoms with E-state index in [4.69, 9.17) is 0 Å². The van der Waals surface area contributed by atoms with Crippen LogP contribution >= 0.6 is 0 Å². The monoisotopic (exact) mass is 256 g/mol. The van der Waals surface area contributed by atoms with Gasteiger partial charge in [0.15, 0.2) is 5.78 Å². The third-order valence-corrected chi connectivity index (χ3v) is 3.34. The Balaban J connectivity index is 2.81. The predicted molar refractivity (Wildman–Crippen MR) is 82.2 cm³/mol. The smallest absolute Gasteiger partial charge is 0.158 e. The van der Waals surface area contributed by atoms with E-state index >= 15 is 0 Å². The van der Waals surface area contributed by atoms with E-state index in [1.807, 2.05) is 26.8 Å². The minimum Gasteiger partial charge on any atom is -0.295 e. The molecule has 1 nitrogen and oxygen atoms in total. The molecule has 1 aromatic rings. The Morgan fingerprint density at radius 3 is 2.32 bits per heavy atom. The van der Waals surface area contributed by atoms with E-state index < -0.39 is 0 Å². The molecule has 0 saturated carbocycles. The molecule has 0 fully saturated rings. The summed E-state index contributed by atoms with van der Waals surface area (Å²) in [4.78, 5) is 11.9. The molecule has 0 heterocycles. The van der Waals surface area contributed by atoms with E-state index in [1.165, 1.54) is 11.1 Å². The van der Waals surface area contributed by atoms with Crippen molar-refractivity contribution in [3.05, 3.63) is 59.2 Å². The summed E-state index contributed by atoms with van der Waals surface area (Å²) >= 11 is 0. The predicted octanol–water partition coefficient (Wildman–Crippen LogP) is 4.88. The number of rotatable bonds is 7. The molecule has 0 aliphatic rings. The number of hydrogen-bond donors (Lipinski definition) is 0. The molecule has 0 aliphatic heterocycles. The van der Waals surface area contributed by atoms with Crippen LogP contribution in [0.4, 0.5) is 0 Å². The normalized spacial score (nSPS) is 11.9. The summed E-state index contributed by atoms with van der Waals surface area (Å²) in [6.45, 7) is 9.86.